The van der Waals surface area contributed by atoms with E-state index >= 15 is 0 Å². The molecule has 1 aromatic carbocycles. The van der Waals surface area contributed by atoms with E-state index in [0.717, 1.165) is 5.56 Å². The van der Waals surface area contributed by atoms with Crippen molar-refractivity contribution in [2.45, 2.75) is 39.8 Å². The fourth-order valence-electron chi connectivity index (χ4n) is 1.93. The number of rotatable bonds is 7. The van der Waals surface area contributed by atoms with Crippen LogP contribution >= 0.6 is 0 Å². The minimum Gasteiger partial charge on any atom is -0.465 e. The molecule has 1 aromatic rings. The average molecular weight is 280 g/mol. The molecular formula is C14H20N2O4. The Morgan fingerprint density at radius 3 is 2.70 bits per heavy atom. The summed E-state index contributed by atoms with van der Waals surface area (Å²) in [6.45, 7) is 6.09. The number of hydrogen-bond acceptors (Lipinski definition) is 5. The standard InChI is InChI=1S/C14H20N2O4/c1-4-12(14(17)20-5-2)15-9-11-7-6-8-13(10(11)3)16(18)19/h6-8,12,15H,4-5,9H2,1-3H3. The molecule has 6 heteroatoms. The van der Waals surface area contributed by atoms with Gasteiger partial charge in [0.1, 0.15) is 6.04 Å². The van der Waals surface area contributed by atoms with Crippen molar-refractivity contribution in [2.24, 2.45) is 0 Å². The van der Waals surface area contributed by atoms with E-state index in [9.17, 15) is 14.9 Å². The molecule has 0 aliphatic heterocycles. The molecule has 0 saturated carbocycles. The maximum Gasteiger partial charge on any atom is 0.323 e. The van der Waals surface area contributed by atoms with Crippen LogP contribution in [-0.4, -0.2) is 23.5 Å². The number of esters is 1. The van der Waals surface area contributed by atoms with Crippen LogP contribution in [0.3, 0.4) is 0 Å². The van der Waals surface area contributed by atoms with Gasteiger partial charge < -0.3 is 10.1 Å². The van der Waals surface area contributed by atoms with Crippen molar-refractivity contribution in [1.29, 1.82) is 0 Å². The quantitative estimate of drug-likeness (QED) is 0.471. The van der Waals surface area contributed by atoms with Crippen molar-refractivity contribution in [1.82, 2.24) is 5.32 Å². The summed E-state index contributed by atoms with van der Waals surface area (Å²) in [6.07, 6.45) is 0.604. The average Bonchev–Trinajstić information content (AvgIpc) is 2.41. The molecule has 1 N–H and O–H groups in total. The van der Waals surface area contributed by atoms with Crippen molar-refractivity contribution in [2.75, 3.05) is 6.61 Å². The summed E-state index contributed by atoms with van der Waals surface area (Å²) in [6, 6.07) is 4.54. The van der Waals surface area contributed by atoms with Gasteiger partial charge in [-0.1, -0.05) is 19.1 Å². The van der Waals surface area contributed by atoms with Crippen LogP contribution in [0, 0.1) is 17.0 Å². The highest BCUT2D eigenvalue weighted by Crippen LogP contribution is 2.21. The van der Waals surface area contributed by atoms with Gasteiger partial charge in [0.2, 0.25) is 0 Å². The second kappa shape index (κ2) is 7.59. The van der Waals surface area contributed by atoms with Gasteiger partial charge in [0.25, 0.3) is 5.69 Å². The molecule has 1 unspecified atom stereocenters. The number of carbonyl (C=O) groups excluding carboxylic acids is 1. The van der Waals surface area contributed by atoms with E-state index in [4.69, 9.17) is 4.74 Å². The Kier molecular flexibility index (Phi) is 6.11. The highest BCUT2D eigenvalue weighted by Gasteiger charge is 2.18. The number of ether oxygens (including phenoxy) is 1. The van der Waals surface area contributed by atoms with Crippen LogP contribution in [0.5, 0.6) is 0 Å². The minimum atomic E-state index is -0.401. The summed E-state index contributed by atoms with van der Waals surface area (Å²) in [5.41, 5.74) is 1.51. The van der Waals surface area contributed by atoms with E-state index in [1.54, 1.807) is 19.9 Å². The third-order valence-corrected chi connectivity index (χ3v) is 3.13. The molecule has 0 bridgehead atoms. The van der Waals surface area contributed by atoms with Crippen LogP contribution in [0.1, 0.15) is 31.4 Å². The summed E-state index contributed by atoms with van der Waals surface area (Å²) in [5.74, 6) is -0.293. The number of nitrogens with one attached hydrogen (secondary N) is 1. The van der Waals surface area contributed by atoms with Crippen LogP contribution in [0.25, 0.3) is 0 Å². The second-order valence-corrected chi connectivity index (χ2v) is 4.41. The summed E-state index contributed by atoms with van der Waals surface area (Å²) < 4.78 is 4.97. The monoisotopic (exact) mass is 280 g/mol. The van der Waals surface area contributed by atoms with Gasteiger partial charge >= 0.3 is 5.97 Å². The smallest absolute Gasteiger partial charge is 0.323 e. The van der Waals surface area contributed by atoms with Gasteiger partial charge in [-0.2, -0.15) is 0 Å². The van der Waals surface area contributed by atoms with E-state index in [0.29, 0.717) is 25.1 Å². The van der Waals surface area contributed by atoms with Crippen molar-refractivity contribution < 1.29 is 14.5 Å². The highest BCUT2D eigenvalue weighted by molar-refractivity contribution is 5.75. The van der Waals surface area contributed by atoms with Gasteiger partial charge in [-0.25, -0.2) is 0 Å². The van der Waals surface area contributed by atoms with Gasteiger partial charge in [0, 0.05) is 18.2 Å². The maximum absolute atomic E-state index is 11.7. The highest BCUT2D eigenvalue weighted by atomic mass is 16.6. The maximum atomic E-state index is 11.7. The molecule has 110 valence electrons. The van der Waals surface area contributed by atoms with Gasteiger partial charge in [0.15, 0.2) is 0 Å². The first-order valence-corrected chi connectivity index (χ1v) is 6.64. The zero-order valence-electron chi connectivity index (χ0n) is 12.0. The van der Waals surface area contributed by atoms with Gasteiger partial charge in [0.05, 0.1) is 11.5 Å². The first-order valence-electron chi connectivity index (χ1n) is 6.64. The number of carbonyl (C=O) groups is 1. The predicted octanol–water partition coefficient (Wildman–Crippen LogP) is 2.33. The largest absolute Gasteiger partial charge is 0.465 e. The molecule has 20 heavy (non-hydrogen) atoms. The molecule has 0 fully saturated rings. The van der Waals surface area contributed by atoms with Crippen molar-refractivity contribution in [3.63, 3.8) is 0 Å². The Hall–Kier alpha value is -1.95. The van der Waals surface area contributed by atoms with Gasteiger partial charge in [-0.3, -0.25) is 14.9 Å². The normalized spacial score (nSPS) is 11.9. The van der Waals surface area contributed by atoms with Crippen LogP contribution in [0.2, 0.25) is 0 Å². The Morgan fingerprint density at radius 1 is 1.45 bits per heavy atom. The first-order chi connectivity index (χ1) is 9.51. The van der Waals surface area contributed by atoms with Gasteiger partial charge in [-0.05, 0) is 25.8 Å². The molecule has 0 amide bonds. The Morgan fingerprint density at radius 2 is 2.15 bits per heavy atom. The number of nitro benzene ring substituents is 1. The lowest BCUT2D eigenvalue weighted by Crippen LogP contribution is -2.37. The Labute approximate surface area is 118 Å². The van der Waals surface area contributed by atoms with Crippen LogP contribution in [0.15, 0.2) is 18.2 Å². The molecule has 0 heterocycles. The number of nitro groups is 1. The van der Waals surface area contributed by atoms with E-state index in [1.807, 2.05) is 13.0 Å². The van der Waals surface area contributed by atoms with E-state index in [1.165, 1.54) is 6.07 Å². The van der Waals surface area contributed by atoms with Crippen LogP contribution < -0.4 is 5.32 Å². The number of benzene rings is 1. The van der Waals surface area contributed by atoms with Crippen LogP contribution in [0.4, 0.5) is 5.69 Å². The van der Waals surface area contributed by atoms with Crippen LogP contribution in [-0.2, 0) is 16.1 Å². The number of nitrogens with zero attached hydrogens (tertiary/aromatic N) is 1. The SMILES string of the molecule is CCOC(=O)C(CC)NCc1cccc([N+](=O)[O-])c1C. The Balaban J connectivity index is 2.76. The van der Waals surface area contributed by atoms with E-state index < -0.39 is 11.0 Å². The fourth-order valence-corrected chi connectivity index (χ4v) is 1.93. The summed E-state index contributed by atoms with van der Waals surface area (Å²) in [5, 5.41) is 14.0. The molecule has 1 rings (SSSR count). The molecule has 1 atom stereocenters. The summed E-state index contributed by atoms with van der Waals surface area (Å²) >= 11 is 0. The lowest BCUT2D eigenvalue weighted by molar-refractivity contribution is -0.385. The van der Waals surface area contributed by atoms with Crippen molar-refractivity contribution in [3.8, 4) is 0 Å². The number of hydrogen-bond donors (Lipinski definition) is 1. The van der Waals surface area contributed by atoms with Crippen molar-refractivity contribution >= 4 is 11.7 Å². The fraction of sp³-hybridized carbons (Fsp3) is 0.500. The second-order valence-electron chi connectivity index (χ2n) is 4.41. The zero-order valence-corrected chi connectivity index (χ0v) is 12.0. The van der Waals surface area contributed by atoms with E-state index in [2.05, 4.69) is 5.32 Å². The third-order valence-electron chi connectivity index (χ3n) is 3.13. The molecule has 0 saturated heterocycles. The molecule has 6 nitrogen and oxygen atoms in total. The topological polar surface area (TPSA) is 81.5 Å². The molecule has 0 radical (unpaired) electrons. The molecule has 0 aliphatic rings. The molecule has 0 aliphatic carbocycles. The first kappa shape index (κ1) is 16.1. The summed E-state index contributed by atoms with van der Waals surface area (Å²) in [7, 11) is 0. The third kappa shape index (κ3) is 4.03. The lowest BCUT2D eigenvalue weighted by Gasteiger charge is -2.16. The van der Waals surface area contributed by atoms with Gasteiger partial charge in [-0.15, -0.1) is 0 Å². The zero-order chi connectivity index (χ0) is 15.1. The predicted molar refractivity (Wildman–Crippen MR) is 75.4 cm³/mol. The lowest BCUT2D eigenvalue weighted by atomic mass is 10.1. The van der Waals surface area contributed by atoms with Crippen molar-refractivity contribution in [3.05, 3.63) is 39.4 Å². The Bertz CT molecular complexity index is 488. The molecule has 0 spiro atoms. The molecular weight excluding hydrogens is 260 g/mol. The molecule has 0 aromatic heterocycles. The minimum absolute atomic E-state index is 0.0912. The van der Waals surface area contributed by atoms with E-state index in [-0.39, 0.29) is 11.7 Å². The summed E-state index contributed by atoms with van der Waals surface area (Å²) in [4.78, 5) is 22.1.